The number of benzene rings is 1. The van der Waals surface area contributed by atoms with Gasteiger partial charge in [-0.05, 0) is 43.6 Å². The Balaban J connectivity index is 1.33. The minimum atomic E-state index is -0.612. The van der Waals surface area contributed by atoms with E-state index in [4.69, 9.17) is 9.47 Å². The van der Waals surface area contributed by atoms with E-state index < -0.39 is 11.8 Å². The average molecular weight is 312 g/mol. The van der Waals surface area contributed by atoms with E-state index in [0.717, 1.165) is 37.7 Å². The monoisotopic (exact) mass is 312 g/mol. The number of ether oxygens (including phenoxy) is 2. The van der Waals surface area contributed by atoms with Crippen molar-refractivity contribution in [2.75, 3.05) is 0 Å². The molecule has 4 heteroatoms. The van der Waals surface area contributed by atoms with E-state index in [0.29, 0.717) is 11.7 Å². The number of carbonyl (C=O) groups excluding carboxylic acids is 2. The highest BCUT2D eigenvalue weighted by atomic mass is 16.7. The van der Waals surface area contributed by atoms with Crippen molar-refractivity contribution in [2.24, 2.45) is 23.2 Å². The van der Waals surface area contributed by atoms with E-state index in [9.17, 15) is 9.59 Å². The van der Waals surface area contributed by atoms with Crippen molar-refractivity contribution in [3.63, 3.8) is 0 Å². The van der Waals surface area contributed by atoms with Gasteiger partial charge in [0, 0.05) is 11.8 Å². The molecule has 1 aromatic carbocycles. The normalized spacial score (nSPS) is 42.3. The molecule has 120 valence electrons. The molecule has 0 aromatic heterocycles. The van der Waals surface area contributed by atoms with Crippen LogP contribution in [0.15, 0.2) is 30.3 Å². The van der Waals surface area contributed by atoms with Crippen LogP contribution >= 0.6 is 0 Å². The molecule has 5 fully saturated rings. The second-order valence-electron chi connectivity index (χ2n) is 7.52. The summed E-state index contributed by atoms with van der Waals surface area (Å²) in [4.78, 5) is 25.0. The summed E-state index contributed by atoms with van der Waals surface area (Å²) in [6.07, 6.45) is 4.22. The lowest BCUT2D eigenvalue weighted by Crippen LogP contribution is -2.65. The fourth-order valence-electron chi connectivity index (χ4n) is 6.38. The van der Waals surface area contributed by atoms with Gasteiger partial charge in [-0.3, -0.25) is 4.79 Å². The van der Waals surface area contributed by atoms with Gasteiger partial charge in [0.25, 0.3) is 0 Å². The van der Waals surface area contributed by atoms with Crippen LogP contribution < -0.4 is 0 Å². The molecule has 0 radical (unpaired) electrons. The molecule has 0 amide bonds. The summed E-state index contributed by atoms with van der Waals surface area (Å²) in [5.41, 5.74) is 0.0477. The first-order chi connectivity index (χ1) is 11.2. The minimum absolute atomic E-state index is 0.141. The van der Waals surface area contributed by atoms with Gasteiger partial charge in [0.05, 0.1) is 5.41 Å². The Morgan fingerprint density at radius 2 is 2.00 bits per heavy atom. The summed E-state index contributed by atoms with van der Waals surface area (Å²) < 4.78 is 11.2. The van der Waals surface area contributed by atoms with Crippen molar-refractivity contribution in [1.29, 1.82) is 0 Å². The number of hydrogen-bond donors (Lipinski definition) is 0. The van der Waals surface area contributed by atoms with Crippen molar-refractivity contribution < 1.29 is 19.1 Å². The van der Waals surface area contributed by atoms with Crippen LogP contribution in [0, 0.1) is 23.2 Å². The summed E-state index contributed by atoms with van der Waals surface area (Å²) in [7, 11) is 0. The fourth-order valence-corrected chi connectivity index (χ4v) is 6.38. The van der Waals surface area contributed by atoms with E-state index in [2.05, 4.69) is 0 Å². The fraction of sp³-hybridized carbons (Fsp3) is 0.579. The molecule has 5 saturated carbocycles. The Kier molecular flexibility index (Phi) is 2.58. The quantitative estimate of drug-likeness (QED) is 0.802. The molecule has 5 unspecified atom stereocenters. The molecular formula is C19H20O4. The molecule has 5 aliphatic rings. The van der Waals surface area contributed by atoms with E-state index in [1.807, 2.05) is 30.3 Å². The van der Waals surface area contributed by atoms with Gasteiger partial charge in [-0.1, -0.05) is 30.3 Å². The zero-order valence-electron chi connectivity index (χ0n) is 13.0. The van der Waals surface area contributed by atoms with E-state index >= 15 is 0 Å². The number of Topliss-reactive ketones (excluding diaryl/α,β-unsaturated/α-hetero) is 1. The molecule has 23 heavy (non-hydrogen) atoms. The first kappa shape index (κ1) is 13.6. The highest BCUT2D eigenvalue weighted by Crippen LogP contribution is 2.81. The van der Waals surface area contributed by atoms with Gasteiger partial charge in [0.2, 0.25) is 0 Å². The average Bonchev–Trinajstić information content (AvgIpc) is 3.21. The van der Waals surface area contributed by atoms with Crippen molar-refractivity contribution in [3.05, 3.63) is 35.9 Å². The van der Waals surface area contributed by atoms with Crippen LogP contribution in [-0.2, 0) is 20.9 Å². The van der Waals surface area contributed by atoms with Gasteiger partial charge in [-0.25, -0.2) is 4.79 Å². The third-order valence-electron chi connectivity index (χ3n) is 6.94. The van der Waals surface area contributed by atoms with Gasteiger partial charge in [0.15, 0.2) is 0 Å². The summed E-state index contributed by atoms with van der Waals surface area (Å²) in [6, 6.07) is 9.59. The topological polar surface area (TPSA) is 52.6 Å². The molecule has 4 nitrogen and oxygen atoms in total. The van der Waals surface area contributed by atoms with Gasteiger partial charge < -0.3 is 9.47 Å². The SMILES string of the molecule is O=C(OCc1ccccc1)OC12CCCC13C(=O)C1CCC3C12. The third-order valence-corrected chi connectivity index (χ3v) is 6.94. The van der Waals surface area contributed by atoms with Crippen LogP contribution in [0.2, 0.25) is 0 Å². The smallest absolute Gasteiger partial charge is 0.429 e. The summed E-state index contributed by atoms with van der Waals surface area (Å²) in [6.45, 7) is 0.216. The summed E-state index contributed by atoms with van der Waals surface area (Å²) in [5, 5.41) is 0. The van der Waals surface area contributed by atoms with Crippen molar-refractivity contribution >= 4 is 11.9 Å². The van der Waals surface area contributed by atoms with Crippen LogP contribution in [0.4, 0.5) is 4.79 Å². The molecule has 0 saturated heterocycles. The van der Waals surface area contributed by atoms with Crippen molar-refractivity contribution in [1.82, 2.24) is 0 Å². The summed E-state index contributed by atoms with van der Waals surface area (Å²) >= 11 is 0. The highest BCUT2D eigenvalue weighted by Gasteiger charge is 2.88. The lowest BCUT2D eigenvalue weighted by molar-refractivity contribution is -0.206. The van der Waals surface area contributed by atoms with Gasteiger partial charge in [-0.15, -0.1) is 0 Å². The molecular weight excluding hydrogens is 292 g/mol. The van der Waals surface area contributed by atoms with Gasteiger partial charge >= 0.3 is 6.16 Å². The Morgan fingerprint density at radius 3 is 2.78 bits per heavy atom. The van der Waals surface area contributed by atoms with E-state index in [1.165, 1.54) is 0 Å². The second-order valence-corrected chi connectivity index (χ2v) is 7.52. The van der Waals surface area contributed by atoms with Crippen LogP contribution in [0.3, 0.4) is 0 Å². The first-order valence-corrected chi connectivity index (χ1v) is 8.63. The minimum Gasteiger partial charge on any atom is -0.429 e. The Labute approximate surface area is 135 Å². The van der Waals surface area contributed by atoms with Crippen molar-refractivity contribution in [3.8, 4) is 0 Å². The van der Waals surface area contributed by atoms with E-state index in [-0.39, 0.29) is 23.9 Å². The number of carbonyl (C=O) groups is 2. The predicted molar refractivity (Wildman–Crippen MR) is 81.4 cm³/mol. The maximum Gasteiger partial charge on any atom is 0.509 e. The van der Waals surface area contributed by atoms with E-state index in [1.54, 1.807) is 0 Å². The molecule has 0 aliphatic heterocycles. The maximum atomic E-state index is 12.7. The third kappa shape index (κ3) is 1.43. The first-order valence-electron chi connectivity index (χ1n) is 8.63. The zero-order chi connectivity index (χ0) is 15.7. The largest absolute Gasteiger partial charge is 0.509 e. The molecule has 4 bridgehead atoms. The van der Waals surface area contributed by atoms with Gasteiger partial charge in [-0.2, -0.15) is 0 Å². The second kappa shape index (κ2) is 4.37. The van der Waals surface area contributed by atoms with Crippen LogP contribution in [0.5, 0.6) is 0 Å². The lowest BCUT2D eigenvalue weighted by atomic mass is 9.51. The molecule has 6 rings (SSSR count). The molecule has 1 aromatic rings. The van der Waals surface area contributed by atoms with Crippen LogP contribution in [0.1, 0.15) is 37.7 Å². The molecule has 5 aliphatic carbocycles. The zero-order valence-corrected chi connectivity index (χ0v) is 13.0. The van der Waals surface area contributed by atoms with Crippen LogP contribution in [0.25, 0.3) is 0 Å². The molecule has 0 heterocycles. The maximum absolute atomic E-state index is 12.7. The van der Waals surface area contributed by atoms with Crippen molar-refractivity contribution in [2.45, 2.75) is 44.3 Å². The predicted octanol–water partition coefficient (Wildman–Crippen LogP) is 3.49. The van der Waals surface area contributed by atoms with Crippen LogP contribution in [-0.4, -0.2) is 17.5 Å². The Bertz CT molecular complexity index is 684. The lowest BCUT2D eigenvalue weighted by Gasteiger charge is -2.56. The number of ketones is 1. The molecule has 1 spiro atoms. The summed E-state index contributed by atoms with van der Waals surface area (Å²) in [5.74, 6) is 1.25. The van der Waals surface area contributed by atoms with Gasteiger partial charge in [0.1, 0.15) is 18.0 Å². The highest BCUT2D eigenvalue weighted by molar-refractivity contribution is 5.97. The molecule has 5 atom stereocenters. The number of hydrogen-bond acceptors (Lipinski definition) is 4. The standard InChI is InChI=1S/C19H20O4/c20-16-13-7-8-14-15(13)19(10-4-9-18(14,16)19)23-17(21)22-11-12-5-2-1-3-6-12/h1-3,5-6,13-15H,4,7-11H2. The Morgan fingerprint density at radius 1 is 1.17 bits per heavy atom. The molecule has 0 N–H and O–H groups in total. The number of rotatable bonds is 3. The Hall–Kier alpha value is -1.84.